The minimum absolute atomic E-state index is 0.217. The molecule has 1 heterocycles. The smallest absolute Gasteiger partial charge is 0.405 e. The highest BCUT2D eigenvalue weighted by molar-refractivity contribution is 7.11. The van der Waals surface area contributed by atoms with Crippen molar-refractivity contribution in [2.45, 2.75) is 56.2 Å². The first-order valence-electron chi connectivity index (χ1n) is 7.28. The maximum atomic E-state index is 12.3. The van der Waals surface area contributed by atoms with E-state index in [1.807, 2.05) is 12.3 Å². The van der Waals surface area contributed by atoms with Crippen molar-refractivity contribution in [3.05, 3.63) is 16.1 Å². The molecule has 0 radical (unpaired) electrons. The molecule has 1 unspecified atom stereocenters. The summed E-state index contributed by atoms with van der Waals surface area (Å²) in [4.78, 5) is 27.4. The first-order chi connectivity index (χ1) is 10.3. The summed E-state index contributed by atoms with van der Waals surface area (Å²) in [6.07, 6.45) is 0.819. The Bertz CT molecular complexity index is 607. The van der Waals surface area contributed by atoms with Crippen LogP contribution in [0.1, 0.15) is 47.6 Å². The molecule has 3 saturated carbocycles. The molecule has 0 aromatic carbocycles. The summed E-state index contributed by atoms with van der Waals surface area (Å²) in [5.74, 6) is -0.217. The van der Waals surface area contributed by atoms with Crippen LogP contribution in [0.2, 0.25) is 0 Å². The lowest BCUT2D eigenvalue weighted by Gasteiger charge is -2.55. The number of aromatic nitrogens is 1. The number of nitrogens with one attached hydrogen (secondary N) is 2. The average molecular weight is 325 g/mol. The van der Waals surface area contributed by atoms with Gasteiger partial charge in [-0.15, -0.1) is 11.3 Å². The molecule has 8 heteroatoms. The van der Waals surface area contributed by atoms with E-state index in [2.05, 4.69) is 15.6 Å². The third-order valence-electron chi connectivity index (χ3n) is 4.87. The molecule has 7 nitrogen and oxygen atoms in total. The van der Waals surface area contributed by atoms with Gasteiger partial charge in [-0.1, -0.05) is 0 Å². The van der Waals surface area contributed by atoms with Gasteiger partial charge in [0.25, 0.3) is 5.91 Å². The minimum Gasteiger partial charge on any atom is -0.465 e. The van der Waals surface area contributed by atoms with Crippen LogP contribution in [-0.4, -0.2) is 44.4 Å². The second kappa shape index (κ2) is 5.20. The average Bonchev–Trinajstić information content (AvgIpc) is 2.87. The van der Waals surface area contributed by atoms with E-state index in [0.29, 0.717) is 37.1 Å². The van der Waals surface area contributed by atoms with Crippen molar-refractivity contribution >= 4 is 23.3 Å². The number of nitrogens with zero attached hydrogens (tertiary/aromatic N) is 1. The van der Waals surface area contributed by atoms with Crippen LogP contribution in [0.5, 0.6) is 0 Å². The summed E-state index contributed by atoms with van der Waals surface area (Å²) in [6.45, 7) is 1.84. The number of aryl methyl sites for hydroxylation is 1. The Labute approximate surface area is 131 Å². The summed E-state index contributed by atoms with van der Waals surface area (Å²) in [7, 11) is 0. The molecule has 2 bridgehead atoms. The van der Waals surface area contributed by atoms with Crippen molar-refractivity contribution in [2.24, 2.45) is 0 Å². The summed E-state index contributed by atoms with van der Waals surface area (Å²) >= 11 is 1.30. The van der Waals surface area contributed by atoms with Crippen molar-refractivity contribution in [3.63, 3.8) is 0 Å². The Balaban J connectivity index is 1.72. The number of carbonyl (C=O) groups excluding carboxylic acids is 1. The molecule has 4 rings (SSSR count). The van der Waals surface area contributed by atoms with Gasteiger partial charge in [-0.25, -0.2) is 9.78 Å². The van der Waals surface area contributed by atoms with Crippen molar-refractivity contribution in [1.29, 1.82) is 0 Å². The van der Waals surface area contributed by atoms with Gasteiger partial charge in [0.15, 0.2) is 5.01 Å². The summed E-state index contributed by atoms with van der Waals surface area (Å²) in [5, 5.41) is 27.1. The maximum absolute atomic E-state index is 12.3. The number of carbonyl (C=O) groups is 2. The lowest BCUT2D eigenvalue weighted by molar-refractivity contribution is -0.0561. The lowest BCUT2D eigenvalue weighted by Crippen LogP contribution is -2.70. The lowest BCUT2D eigenvalue weighted by atomic mass is 9.60. The Kier molecular flexibility index (Phi) is 3.60. The monoisotopic (exact) mass is 325 g/mol. The van der Waals surface area contributed by atoms with Gasteiger partial charge in [-0.3, -0.25) is 4.79 Å². The first-order valence-corrected chi connectivity index (χ1v) is 8.16. The van der Waals surface area contributed by atoms with Crippen LogP contribution in [0.4, 0.5) is 4.79 Å². The minimum atomic E-state index is -1.12. The third-order valence-corrected chi connectivity index (χ3v) is 5.83. The molecule has 2 amide bonds. The van der Waals surface area contributed by atoms with E-state index in [1.54, 1.807) is 0 Å². The van der Waals surface area contributed by atoms with Gasteiger partial charge in [-0.2, -0.15) is 0 Å². The zero-order valence-corrected chi connectivity index (χ0v) is 13.1. The van der Waals surface area contributed by atoms with Gasteiger partial charge in [0, 0.05) is 16.6 Å². The van der Waals surface area contributed by atoms with Gasteiger partial charge >= 0.3 is 6.09 Å². The van der Waals surface area contributed by atoms with Gasteiger partial charge in [0.1, 0.15) is 0 Å². The van der Waals surface area contributed by atoms with Gasteiger partial charge < -0.3 is 20.8 Å². The predicted molar refractivity (Wildman–Crippen MR) is 80.0 cm³/mol. The fourth-order valence-corrected chi connectivity index (χ4v) is 4.32. The molecule has 3 aliphatic rings. The summed E-state index contributed by atoms with van der Waals surface area (Å²) in [6, 6.07) is 0. The maximum Gasteiger partial charge on any atom is 0.405 e. The molecule has 0 aliphatic heterocycles. The molecule has 1 atom stereocenters. The molecular weight excluding hydrogens is 306 g/mol. The first kappa shape index (κ1) is 15.2. The zero-order valence-electron chi connectivity index (χ0n) is 12.3. The molecule has 4 N–H and O–H groups in total. The van der Waals surface area contributed by atoms with Crippen LogP contribution in [-0.2, 0) is 0 Å². The standard InChI is InChI=1S/C14H19N3O4S/c1-8-7-22-11(15-8)10(19)16-13-2-4-14(5-3-13,9(18)6-13)17-12(20)21/h7,9,17-18H,2-6H2,1H3,(H,16,19)(H,20,21). The van der Waals surface area contributed by atoms with Crippen molar-refractivity contribution < 1.29 is 19.8 Å². The van der Waals surface area contributed by atoms with Crippen molar-refractivity contribution in [1.82, 2.24) is 15.6 Å². The Morgan fingerprint density at radius 3 is 2.50 bits per heavy atom. The van der Waals surface area contributed by atoms with Gasteiger partial charge in [-0.05, 0) is 39.0 Å². The highest BCUT2D eigenvalue weighted by Crippen LogP contribution is 2.47. The van der Waals surface area contributed by atoms with E-state index in [0.717, 1.165) is 5.69 Å². The number of hydrogen-bond donors (Lipinski definition) is 4. The van der Waals surface area contributed by atoms with E-state index in [-0.39, 0.29) is 5.91 Å². The summed E-state index contributed by atoms with van der Waals surface area (Å²) < 4.78 is 0. The second-order valence-electron chi connectivity index (χ2n) is 6.33. The zero-order chi connectivity index (χ0) is 16.0. The number of carboxylic acid groups (broad SMARTS) is 1. The van der Waals surface area contributed by atoms with E-state index in [4.69, 9.17) is 5.11 Å². The highest BCUT2D eigenvalue weighted by Gasteiger charge is 2.55. The van der Waals surface area contributed by atoms with Crippen LogP contribution in [0.3, 0.4) is 0 Å². The van der Waals surface area contributed by atoms with Crippen LogP contribution in [0.15, 0.2) is 5.38 Å². The quantitative estimate of drug-likeness (QED) is 0.668. The molecule has 22 heavy (non-hydrogen) atoms. The topological polar surface area (TPSA) is 112 Å². The van der Waals surface area contributed by atoms with E-state index >= 15 is 0 Å². The van der Waals surface area contributed by atoms with E-state index in [1.165, 1.54) is 11.3 Å². The summed E-state index contributed by atoms with van der Waals surface area (Å²) in [5.41, 5.74) is -0.418. The second-order valence-corrected chi connectivity index (χ2v) is 7.19. The van der Waals surface area contributed by atoms with Crippen LogP contribution in [0.25, 0.3) is 0 Å². The van der Waals surface area contributed by atoms with Crippen molar-refractivity contribution in [2.75, 3.05) is 0 Å². The van der Waals surface area contributed by atoms with Crippen LogP contribution < -0.4 is 10.6 Å². The van der Waals surface area contributed by atoms with Gasteiger partial charge in [0.2, 0.25) is 0 Å². The predicted octanol–water partition coefficient (Wildman–Crippen LogP) is 1.27. The molecular formula is C14H19N3O4S. The number of hydrogen-bond acceptors (Lipinski definition) is 5. The normalized spacial score (nSPS) is 33.5. The Hall–Kier alpha value is -1.67. The van der Waals surface area contributed by atoms with Crippen LogP contribution >= 0.6 is 11.3 Å². The number of amides is 2. The van der Waals surface area contributed by atoms with E-state index < -0.39 is 23.3 Å². The molecule has 3 fully saturated rings. The molecule has 120 valence electrons. The Morgan fingerprint density at radius 1 is 1.32 bits per heavy atom. The number of aliphatic hydroxyl groups excluding tert-OH is 1. The van der Waals surface area contributed by atoms with Crippen LogP contribution in [0, 0.1) is 6.92 Å². The Morgan fingerprint density at radius 2 is 2.00 bits per heavy atom. The largest absolute Gasteiger partial charge is 0.465 e. The molecule has 0 spiro atoms. The fourth-order valence-electron chi connectivity index (χ4n) is 3.63. The van der Waals surface area contributed by atoms with Crippen molar-refractivity contribution in [3.8, 4) is 0 Å². The molecule has 1 aromatic heterocycles. The van der Waals surface area contributed by atoms with E-state index in [9.17, 15) is 14.7 Å². The molecule has 1 aromatic rings. The third kappa shape index (κ3) is 2.56. The number of thiazole rings is 1. The highest BCUT2D eigenvalue weighted by atomic mass is 32.1. The SMILES string of the molecule is Cc1csc(C(=O)NC23CCC(NC(=O)O)(CC2)C(O)C3)n1. The number of fused-ring (bicyclic) bond motifs is 3. The van der Waals surface area contributed by atoms with Gasteiger partial charge in [0.05, 0.1) is 11.6 Å². The molecule has 3 aliphatic carbocycles. The number of rotatable bonds is 3. The molecule has 0 saturated heterocycles. The number of aliphatic hydroxyl groups is 1. The fraction of sp³-hybridized carbons (Fsp3) is 0.643.